The highest BCUT2D eigenvalue weighted by Crippen LogP contribution is 2.36. The average Bonchev–Trinajstić information content (AvgIpc) is 3.38. The van der Waals surface area contributed by atoms with Crippen molar-refractivity contribution >= 4 is 11.2 Å². The zero-order valence-corrected chi connectivity index (χ0v) is 16.9. The van der Waals surface area contributed by atoms with Gasteiger partial charge in [-0.25, -0.2) is 9.78 Å². The summed E-state index contributed by atoms with van der Waals surface area (Å²) >= 11 is 0. The number of aryl methyl sites for hydroxylation is 1. The van der Waals surface area contributed by atoms with Gasteiger partial charge in [-0.1, -0.05) is 0 Å². The summed E-state index contributed by atoms with van der Waals surface area (Å²) in [6, 6.07) is 0. The minimum absolute atomic E-state index is 0.000502. The van der Waals surface area contributed by atoms with Gasteiger partial charge in [0.2, 0.25) is 0 Å². The van der Waals surface area contributed by atoms with Crippen LogP contribution in [0.3, 0.4) is 0 Å². The van der Waals surface area contributed by atoms with Crippen molar-refractivity contribution in [2.24, 2.45) is 14.1 Å². The molecule has 0 bridgehead atoms. The van der Waals surface area contributed by atoms with Gasteiger partial charge in [-0.05, 0) is 0 Å². The number of aliphatic hydroxyl groups is 3. The van der Waals surface area contributed by atoms with Crippen molar-refractivity contribution < 1.29 is 24.8 Å². The zero-order valence-electron chi connectivity index (χ0n) is 16.9. The van der Waals surface area contributed by atoms with Crippen LogP contribution < -0.4 is 16.6 Å². The molecular formula is C18H27N5O7. The number of nitrogens with one attached hydrogen (secondary N) is 1. The van der Waals surface area contributed by atoms with Crippen molar-refractivity contribution in [2.45, 2.75) is 43.0 Å². The Morgan fingerprint density at radius 1 is 1.33 bits per heavy atom. The molecule has 2 aliphatic heterocycles. The molecule has 2 aromatic rings. The number of nitrogens with zero attached hydrogens (tertiary/aromatic N) is 4. The average molecular weight is 425 g/mol. The molecule has 4 N–H and O–H groups in total. The molecule has 30 heavy (non-hydrogen) atoms. The largest absolute Gasteiger partial charge is 0.392 e. The number of fused-ring (bicyclic) bond motifs is 2. The Morgan fingerprint density at radius 2 is 2.10 bits per heavy atom. The predicted octanol–water partition coefficient (Wildman–Crippen LogP) is -3.34. The standard InChI is InChI=1S/C18H27N5O7/c1-21-15-12(16(26)22(2)17(21)27)23(9-20-15)4-3-19-6-10(24)5-18(28)8-30-13-11(25)7-29-14(13)18/h9-11,13-14,19,24-25,28H,3-8H2,1-2H3/t10?,11-,13-,14+,18+/m1/s1. The van der Waals surface area contributed by atoms with Crippen LogP contribution in [-0.4, -0.2) is 90.3 Å². The van der Waals surface area contributed by atoms with E-state index in [1.807, 2.05) is 0 Å². The maximum atomic E-state index is 12.4. The molecule has 0 aliphatic carbocycles. The van der Waals surface area contributed by atoms with E-state index in [4.69, 9.17) is 9.47 Å². The Morgan fingerprint density at radius 3 is 2.87 bits per heavy atom. The Kier molecular flexibility index (Phi) is 5.55. The van der Waals surface area contributed by atoms with Crippen LogP contribution in [0.1, 0.15) is 6.42 Å². The maximum Gasteiger partial charge on any atom is 0.332 e. The van der Waals surface area contributed by atoms with Crippen molar-refractivity contribution in [2.75, 3.05) is 26.3 Å². The number of aromatic nitrogens is 4. The van der Waals surface area contributed by atoms with E-state index < -0.39 is 41.3 Å². The van der Waals surface area contributed by atoms with Gasteiger partial charge in [0, 0.05) is 40.2 Å². The summed E-state index contributed by atoms with van der Waals surface area (Å²) in [5.74, 6) is 0. The molecule has 12 heteroatoms. The first-order valence-corrected chi connectivity index (χ1v) is 9.86. The van der Waals surface area contributed by atoms with Crippen molar-refractivity contribution in [3.05, 3.63) is 27.2 Å². The monoisotopic (exact) mass is 425 g/mol. The van der Waals surface area contributed by atoms with Crippen molar-refractivity contribution in [3.8, 4) is 0 Å². The molecule has 2 fully saturated rings. The molecule has 0 saturated carbocycles. The molecule has 2 saturated heterocycles. The van der Waals surface area contributed by atoms with E-state index in [-0.39, 0.29) is 26.2 Å². The quantitative estimate of drug-likeness (QED) is 0.334. The molecule has 1 unspecified atom stereocenters. The summed E-state index contributed by atoms with van der Waals surface area (Å²) in [5.41, 5.74) is -1.54. The van der Waals surface area contributed by atoms with Crippen LogP contribution >= 0.6 is 0 Å². The third kappa shape index (κ3) is 3.49. The van der Waals surface area contributed by atoms with Crippen LogP contribution in [0.25, 0.3) is 11.2 Å². The lowest BCUT2D eigenvalue weighted by molar-refractivity contribution is -0.0913. The predicted molar refractivity (Wildman–Crippen MR) is 104 cm³/mol. The molecule has 0 amide bonds. The number of aliphatic hydroxyl groups excluding tert-OH is 2. The van der Waals surface area contributed by atoms with Crippen LogP contribution in [0.2, 0.25) is 0 Å². The van der Waals surface area contributed by atoms with Crippen LogP contribution in [0.15, 0.2) is 15.9 Å². The lowest BCUT2D eigenvalue weighted by Crippen LogP contribution is -2.47. The SMILES string of the molecule is Cn1c(=O)c2c(ncn2CCNCC(O)C[C@]2(O)CO[C@@H]3[C@H](O)CO[C@@H]32)n(C)c1=O. The van der Waals surface area contributed by atoms with Crippen molar-refractivity contribution in [1.82, 2.24) is 24.0 Å². The summed E-state index contributed by atoms with van der Waals surface area (Å²) in [6.45, 7) is 1.16. The van der Waals surface area contributed by atoms with Gasteiger partial charge in [0.1, 0.15) is 23.9 Å². The van der Waals surface area contributed by atoms with Crippen LogP contribution in [0.5, 0.6) is 0 Å². The number of hydrogen-bond donors (Lipinski definition) is 4. The second kappa shape index (κ2) is 7.87. The Balaban J connectivity index is 1.33. The van der Waals surface area contributed by atoms with Crippen molar-refractivity contribution in [3.63, 3.8) is 0 Å². The fraction of sp³-hybridized carbons (Fsp3) is 0.722. The number of ether oxygens (including phenoxy) is 2. The van der Waals surface area contributed by atoms with Gasteiger partial charge in [0.15, 0.2) is 11.2 Å². The molecule has 12 nitrogen and oxygen atoms in total. The van der Waals surface area contributed by atoms with E-state index in [9.17, 15) is 24.9 Å². The summed E-state index contributed by atoms with van der Waals surface area (Å²) in [6.07, 6.45) is -1.29. The molecular weight excluding hydrogens is 398 g/mol. The fourth-order valence-corrected chi connectivity index (χ4v) is 4.27. The molecule has 0 radical (unpaired) electrons. The first-order chi connectivity index (χ1) is 14.2. The fourth-order valence-electron chi connectivity index (χ4n) is 4.27. The summed E-state index contributed by atoms with van der Waals surface area (Å²) in [5, 5.41) is 34.0. The Hall–Kier alpha value is -2.09. The minimum atomic E-state index is -1.35. The first kappa shape index (κ1) is 21.2. The smallest absolute Gasteiger partial charge is 0.332 e. The van der Waals surface area contributed by atoms with Gasteiger partial charge in [0.05, 0.1) is 25.6 Å². The zero-order chi connectivity index (χ0) is 21.6. The second-order valence-corrected chi connectivity index (χ2v) is 8.08. The summed E-state index contributed by atoms with van der Waals surface area (Å²) in [4.78, 5) is 28.6. The van der Waals surface area contributed by atoms with E-state index in [1.54, 1.807) is 11.6 Å². The van der Waals surface area contributed by atoms with Crippen molar-refractivity contribution in [1.29, 1.82) is 0 Å². The highest BCUT2D eigenvalue weighted by Gasteiger charge is 2.56. The summed E-state index contributed by atoms with van der Waals surface area (Å²) in [7, 11) is 2.98. The van der Waals surface area contributed by atoms with Crippen LogP contribution in [0, 0.1) is 0 Å². The summed E-state index contributed by atoms with van der Waals surface area (Å²) < 4.78 is 14.9. The van der Waals surface area contributed by atoms with Gasteiger partial charge in [-0.3, -0.25) is 13.9 Å². The van der Waals surface area contributed by atoms with Gasteiger partial charge < -0.3 is 34.7 Å². The van der Waals surface area contributed by atoms with E-state index >= 15 is 0 Å². The molecule has 2 aliphatic rings. The maximum absolute atomic E-state index is 12.4. The third-order valence-electron chi connectivity index (χ3n) is 5.90. The highest BCUT2D eigenvalue weighted by atomic mass is 16.6. The molecule has 4 heterocycles. The topological polar surface area (TPSA) is 153 Å². The number of hydrogen-bond acceptors (Lipinski definition) is 9. The highest BCUT2D eigenvalue weighted by molar-refractivity contribution is 5.69. The molecule has 5 atom stereocenters. The van der Waals surface area contributed by atoms with E-state index in [1.165, 1.54) is 17.9 Å². The van der Waals surface area contributed by atoms with Gasteiger partial charge in [0.25, 0.3) is 5.56 Å². The van der Waals surface area contributed by atoms with Gasteiger partial charge in [-0.15, -0.1) is 0 Å². The number of imidazole rings is 1. The van der Waals surface area contributed by atoms with Crippen LogP contribution in [-0.2, 0) is 30.1 Å². The lowest BCUT2D eigenvalue weighted by atomic mass is 9.90. The third-order valence-corrected chi connectivity index (χ3v) is 5.90. The first-order valence-electron chi connectivity index (χ1n) is 9.86. The molecule has 0 aromatic carbocycles. The second-order valence-electron chi connectivity index (χ2n) is 8.08. The molecule has 166 valence electrons. The Labute approximate surface area is 171 Å². The van der Waals surface area contributed by atoms with E-state index in [0.717, 1.165) is 4.57 Å². The lowest BCUT2D eigenvalue weighted by Gasteiger charge is -2.29. The van der Waals surface area contributed by atoms with E-state index in [2.05, 4.69) is 10.3 Å². The van der Waals surface area contributed by atoms with Gasteiger partial charge in [-0.2, -0.15) is 0 Å². The Bertz CT molecular complexity index is 1050. The van der Waals surface area contributed by atoms with Crippen LogP contribution in [0.4, 0.5) is 0 Å². The molecule has 2 aromatic heterocycles. The number of rotatable bonds is 7. The minimum Gasteiger partial charge on any atom is -0.392 e. The normalized spacial score (nSPS) is 29.6. The molecule has 0 spiro atoms. The van der Waals surface area contributed by atoms with E-state index in [0.29, 0.717) is 24.3 Å². The molecule has 4 rings (SSSR count). The van der Waals surface area contributed by atoms with Gasteiger partial charge >= 0.3 is 5.69 Å².